The first-order chi connectivity index (χ1) is 12.2. The minimum atomic E-state index is 0.480. The van der Waals surface area contributed by atoms with E-state index in [0.29, 0.717) is 21.7 Å². The third-order valence-electron chi connectivity index (χ3n) is 8.83. The van der Waals surface area contributed by atoms with E-state index < -0.39 is 0 Å². The fourth-order valence-electron chi connectivity index (χ4n) is 6.79. The lowest BCUT2D eigenvalue weighted by atomic mass is 9.50. The first-order valence-electron chi connectivity index (χ1n) is 12.2. The summed E-state index contributed by atoms with van der Waals surface area (Å²) in [6.45, 7) is 36.1. The predicted octanol–water partition coefficient (Wildman–Crippen LogP) is 9.34. The van der Waals surface area contributed by atoms with Crippen molar-refractivity contribution in [3.05, 3.63) is 0 Å². The molecular formula is C28H56. The second kappa shape index (κ2) is 8.26. The molecule has 2 fully saturated rings. The van der Waals surface area contributed by atoms with Crippen molar-refractivity contribution >= 4 is 0 Å². The maximum atomic E-state index is 2.46. The average molecular weight is 393 g/mol. The Morgan fingerprint density at radius 3 is 0.643 bits per heavy atom. The van der Waals surface area contributed by atoms with Gasteiger partial charge in [-0.2, -0.15) is 0 Å². The number of rotatable bonds is 0. The zero-order chi connectivity index (χ0) is 22.5. The summed E-state index contributed by atoms with van der Waals surface area (Å²) in [7, 11) is 0. The lowest BCUT2D eigenvalue weighted by Gasteiger charge is -2.55. The minimum absolute atomic E-state index is 0.480. The quantitative estimate of drug-likeness (QED) is 0.385. The topological polar surface area (TPSA) is 0 Å². The van der Waals surface area contributed by atoms with Crippen LogP contribution in [0.2, 0.25) is 0 Å². The van der Waals surface area contributed by atoms with Crippen LogP contribution in [0.25, 0.3) is 0 Å². The molecule has 0 N–H and O–H groups in total. The normalized spacial score (nSPS) is 37.2. The lowest BCUT2D eigenvalue weighted by molar-refractivity contribution is -0.0563. The molecule has 0 aliphatic heterocycles. The Bertz CT molecular complexity index is 440. The fraction of sp³-hybridized carbons (Fsp3) is 1.00. The van der Waals surface area contributed by atoms with Crippen LogP contribution in [-0.4, -0.2) is 0 Å². The molecule has 0 saturated heterocycles. The van der Waals surface area contributed by atoms with Crippen molar-refractivity contribution in [2.45, 2.75) is 117 Å². The average Bonchev–Trinajstić information content (AvgIpc) is 2.70. The summed E-state index contributed by atoms with van der Waals surface area (Å²) in [5.41, 5.74) is 1.99. The van der Waals surface area contributed by atoms with E-state index in [0.717, 1.165) is 41.4 Å². The van der Waals surface area contributed by atoms with Gasteiger partial charge in [0.25, 0.3) is 0 Å². The van der Waals surface area contributed by atoms with Crippen molar-refractivity contribution in [3.63, 3.8) is 0 Å². The van der Waals surface area contributed by atoms with E-state index in [1.807, 2.05) is 0 Å². The van der Waals surface area contributed by atoms with Gasteiger partial charge < -0.3 is 0 Å². The Hall–Kier alpha value is 0. The summed E-state index contributed by atoms with van der Waals surface area (Å²) in [6, 6.07) is 0. The molecule has 0 amide bonds. The molecule has 28 heavy (non-hydrogen) atoms. The highest BCUT2D eigenvalue weighted by atomic mass is 14.5. The van der Waals surface area contributed by atoms with Crippen LogP contribution >= 0.6 is 0 Å². The van der Waals surface area contributed by atoms with E-state index in [-0.39, 0.29) is 0 Å². The molecule has 0 heterocycles. The van der Waals surface area contributed by atoms with Gasteiger partial charge in [0.1, 0.15) is 0 Å². The minimum Gasteiger partial charge on any atom is -0.0620 e. The van der Waals surface area contributed by atoms with Gasteiger partial charge in [-0.3, -0.25) is 0 Å². The van der Waals surface area contributed by atoms with E-state index in [1.54, 1.807) is 0 Å². The molecule has 0 heteroatoms. The zero-order valence-electron chi connectivity index (χ0n) is 22.5. The van der Waals surface area contributed by atoms with Crippen LogP contribution in [0.4, 0.5) is 0 Å². The van der Waals surface area contributed by atoms with Crippen LogP contribution in [0.1, 0.15) is 117 Å². The monoisotopic (exact) mass is 392 g/mol. The van der Waals surface area contributed by atoms with Gasteiger partial charge in [0.2, 0.25) is 0 Å². The Labute approximate surface area is 180 Å². The Morgan fingerprint density at radius 2 is 0.536 bits per heavy atom. The van der Waals surface area contributed by atoms with E-state index in [2.05, 4.69) is 104 Å². The molecule has 0 radical (unpaired) electrons. The van der Waals surface area contributed by atoms with Crippen LogP contribution in [0.3, 0.4) is 0 Å². The molecule has 2 aliphatic rings. The van der Waals surface area contributed by atoms with Gasteiger partial charge in [-0.15, -0.1) is 0 Å². The van der Waals surface area contributed by atoms with Crippen LogP contribution in [-0.2, 0) is 0 Å². The Kier molecular flexibility index (Phi) is 7.68. The molecular weight excluding hydrogens is 336 g/mol. The summed E-state index contributed by atoms with van der Waals surface area (Å²) in [5, 5.41) is 0. The summed E-state index contributed by atoms with van der Waals surface area (Å²) in [4.78, 5) is 0. The van der Waals surface area contributed by atoms with Gasteiger partial charge in [0.15, 0.2) is 0 Å². The standard InChI is InChI=1S/C15H30.C13H26/c1-10-11(2)13(15(6,7)8)9-12(10)14(3,4)5;1-9-10(12(2,3)4)8-11(9)13(5,6)7/h10-13H,9H2,1-8H3;9-11H,8H2,1-7H3. The molecule has 6 unspecified atom stereocenters. The van der Waals surface area contributed by atoms with Crippen LogP contribution in [0.5, 0.6) is 0 Å². The highest BCUT2D eigenvalue weighted by Gasteiger charge is 2.48. The molecule has 0 bridgehead atoms. The maximum absolute atomic E-state index is 2.46. The Balaban J connectivity index is 0.000000283. The molecule has 0 aromatic carbocycles. The highest BCUT2D eigenvalue weighted by Crippen LogP contribution is 2.56. The van der Waals surface area contributed by atoms with Crippen molar-refractivity contribution in [3.8, 4) is 0 Å². The van der Waals surface area contributed by atoms with Gasteiger partial charge in [-0.25, -0.2) is 0 Å². The van der Waals surface area contributed by atoms with Gasteiger partial charge in [-0.1, -0.05) is 104 Å². The smallest absolute Gasteiger partial charge is 0.0334 e. The first-order valence-corrected chi connectivity index (χ1v) is 12.2. The van der Waals surface area contributed by atoms with Crippen LogP contribution < -0.4 is 0 Å². The fourth-order valence-corrected chi connectivity index (χ4v) is 6.79. The van der Waals surface area contributed by atoms with Crippen molar-refractivity contribution in [1.82, 2.24) is 0 Å². The second-order valence-electron chi connectivity index (χ2n) is 14.9. The number of hydrogen-bond donors (Lipinski definition) is 0. The van der Waals surface area contributed by atoms with Crippen LogP contribution in [0.15, 0.2) is 0 Å². The summed E-state index contributed by atoms with van der Waals surface area (Å²) < 4.78 is 0. The van der Waals surface area contributed by atoms with Gasteiger partial charge in [0, 0.05) is 0 Å². The van der Waals surface area contributed by atoms with E-state index in [9.17, 15) is 0 Å². The van der Waals surface area contributed by atoms with Gasteiger partial charge in [-0.05, 0) is 75.9 Å². The summed E-state index contributed by atoms with van der Waals surface area (Å²) in [5.74, 6) is 6.37. The maximum Gasteiger partial charge on any atom is -0.0334 e. The van der Waals surface area contributed by atoms with Crippen LogP contribution in [0, 0.1) is 63.1 Å². The molecule has 0 aromatic rings. The van der Waals surface area contributed by atoms with Gasteiger partial charge in [0.05, 0.1) is 0 Å². The molecule has 2 aliphatic carbocycles. The van der Waals surface area contributed by atoms with Crippen molar-refractivity contribution in [2.75, 3.05) is 0 Å². The van der Waals surface area contributed by atoms with Gasteiger partial charge >= 0.3 is 0 Å². The lowest BCUT2D eigenvalue weighted by Crippen LogP contribution is -2.47. The second-order valence-corrected chi connectivity index (χ2v) is 14.9. The summed E-state index contributed by atoms with van der Waals surface area (Å²) in [6.07, 6.45) is 2.86. The predicted molar refractivity (Wildman–Crippen MR) is 129 cm³/mol. The first kappa shape index (κ1) is 26.0. The molecule has 168 valence electrons. The molecule has 2 saturated carbocycles. The molecule has 0 nitrogen and oxygen atoms in total. The molecule has 6 atom stereocenters. The van der Waals surface area contributed by atoms with Crippen molar-refractivity contribution in [2.24, 2.45) is 63.1 Å². The van der Waals surface area contributed by atoms with E-state index in [4.69, 9.17) is 0 Å². The molecule has 0 aromatic heterocycles. The van der Waals surface area contributed by atoms with E-state index in [1.165, 1.54) is 12.8 Å². The molecule has 0 spiro atoms. The summed E-state index contributed by atoms with van der Waals surface area (Å²) >= 11 is 0. The largest absolute Gasteiger partial charge is 0.0620 e. The Morgan fingerprint density at radius 1 is 0.357 bits per heavy atom. The third-order valence-corrected chi connectivity index (χ3v) is 8.83. The highest BCUT2D eigenvalue weighted by molar-refractivity contribution is 4.97. The van der Waals surface area contributed by atoms with Crippen molar-refractivity contribution < 1.29 is 0 Å². The zero-order valence-corrected chi connectivity index (χ0v) is 22.5. The third kappa shape index (κ3) is 6.01. The number of hydrogen-bond acceptors (Lipinski definition) is 0. The SMILES string of the molecule is CC1C(C(C)(C)C)CC1C(C)(C)C.CC1C(C)C(C(C)(C)C)CC1C(C)(C)C. The van der Waals surface area contributed by atoms with Crippen molar-refractivity contribution in [1.29, 1.82) is 0 Å². The van der Waals surface area contributed by atoms with E-state index >= 15 is 0 Å². The molecule has 2 rings (SSSR count).